The van der Waals surface area contributed by atoms with Crippen LogP contribution in [-0.2, 0) is 11.3 Å². The Balaban J connectivity index is 2.69. The van der Waals surface area contributed by atoms with Gasteiger partial charge in [-0.3, -0.25) is 4.79 Å². The van der Waals surface area contributed by atoms with Crippen LogP contribution in [0.5, 0.6) is 0 Å². The Kier molecular flexibility index (Phi) is 4.52. The predicted octanol–water partition coefficient (Wildman–Crippen LogP) is 3.05. The molecule has 0 aliphatic carbocycles. The van der Waals surface area contributed by atoms with Crippen LogP contribution >= 0.6 is 11.6 Å². The van der Waals surface area contributed by atoms with E-state index >= 15 is 0 Å². The zero-order chi connectivity index (χ0) is 13.1. The number of halogens is 2. The lowest BCUT2D eigenvalue weighted by Gasteiger charge is -2.27. The second-order valence-electron chi connectivity index (χ2n) is 4.81. The van der Waals surface area contributed by atoms with E-state index in [9.17, 15) is 9.18 Å². The number of amides is 1. The van der Waals surface area contributed by atoms with E-state index in [1.807, 2.05) is 13.8 Å². The topological polar surface area (TPSA) is 20.3 Å². The van der Waals surface area contributed by atoms with Gasteiger partial charge < -0.3 is 4.90 Å². The van der Waals surface area contributed by atoms with Gasteiger partial charge in [0.15, 0.2) is 0 Å². The molecule has 0 saturated carbocycles. The minimum atomic E-state index is -0.573. The molecule has 0 saturated heterocycles. The third-order valence-electron chi connectivity index (χ3n) is 2.59. The minimum absolute atomic E-state index is 0.0168. The number of benzene rings is 1. The molecule has 1 amide bonds. The first-order valence-corrected chi connectivity index (χ1v) is 5.96. The molecular formula is C13H17ClFNO. The van der Waals surface area contributed by atoms with Gasteiger partial charge in [-0.25, -0.2) is 4.39 Å². The maximum atomic E-state index is 12.7. The molecule has 0 spiro atoms. The van der Waals surface area contributed by atoms with Crippen LogP contribution in [0.2, 0.25) is 0 Å². The Hall–Kier alpha value is -1.09. The highest BCUT2D eigenvalue weighted by atomic mass is 35.5. The third kappa shape index (κ3) is 3.70. The molecule has 2 nitrogen and oxygen atoms in total. The average Bonchev–Trinajstić information content (AvgIpc) is 2.31. The van der Waals surface area contributed by atoms with Gasteiger partial charge in [0.05, 0.1) is 5.41 Å². The second-order valence-corrected chi connectivity index (χ2v) is 5.07. The molecule has 0 bridgehead atoms. The first-order chi connectivity index (χ1) is 7.86. The van der Waals surface area contributed by atoms with Gasteiger partial charge in [0, 0.05) is 19.5 Å². The van der Waals surface area contributed by atoms with Crippen molar-refractivity contribution in [2.75, 3.05) is 12.9 Å². The largest absolute Gasteiger partial charge is 0.341 e. The molecule has 4 heteroatoms. The van der Waals surface area contributed by atoms with E-state index in [1.165, 1.54) is 12.1 Å². The standard InChI is InChI=1S/C13H17ClFNO/c1-13(2,9-14)12(17)16(3)8-10-4-6-11(15)7-5-10/h4-7H,8-9H2,1-3H3. The fraction of sp³-hybridized carbons (Fsp3) is 0.462. The highest BCUT2D eigenvalue weighted by molar-refractivity contribution is 6.19. The number of hydrogen-bond acceptors (Lipinski definition) is 1. The van der Waals surface area contributed by atoms with Crippen molar-refractivity contribution in [3.63, 3.8) is 0 Å². The molecule has 0 unspecified atom stereocenters. The summed E-state index contributed by atoms with van der Waals surface area (Å²) >= 11 is 5.76. The summed E-state index contributed by atoms with van der Waals surface area (Å²) in [4.78, 5) is 13.6. The first-order valence-electron chi connectivity index (χ1n) is 5.43. The lowest BCUT2D eigenvalue weighted by atomic mass is 9.94. The Labute approximate surface area is 106 Å². The van der Waals surface area contributed by atoms with Crippen molar-refractivity contribution < 1.29 is 9.18 Å². The molecule has 0 N–H and O–H groups in total. The molecular weight excluding hydrogens is 241 g/mol. The van der Waals surface area contributed by atoms with E-state index in [0.717, 1.165) is 5.56 Å². The molecule has 94 valence electrons. The third-order valence-corrected chi connectivity index (χ3v) is 3.26. The van der Waals surface area contributed by atoms with Crippen molar-refractivity contribution in [1.29, 1.82) is 0 Å². The molecule has 0 aromatic heterocycles. The number of alkyl halides is 1. The average molecular weight is 258 g/mol. The number of carbonyl (C=O) groups is 1. The quantitative estimate of drug-likeness (QED) is 0.760. The van der Waals surface area contributed by atoms with E-state index in [-0.39, 0.29) is 17.6 Å². The van der Waals surface area contributed by atoms with Crippen molar-refractivity contribution >= 4 is 17.5 Å². The number of hydrogen-bond donors (Lipinski definition) is 0. The van der Waals surface area contributed by atoms with Crippen molar-refractivity contribution in [2.45, 2.75) is 20.4 Å². The van der Waals surface area contributed by atoms with Gasteiger partial charge in [0.1, 0.15) is 5.82 Å². The maximum absolute atomic E-state index is 12.7. The molecule has 0 atom stereocenters. The molecule has 17 heavy (non-hydrogen) atoms. The Morgan fingerprint density at radius 2 is 1.88 bits per heavy atom. The smallest absolute Gasteiger partial charge is 0.229 e. The summed E-state index contributed by atoms with van der Waals surface area (Å²) < 4.78 is 12.7. The van der Waals surface area contributed by atoms with Crippen molar-refractivity contribution in [2.24, 2.45) is 5.41 Å². The maximum Gasteiger partial charge on any atom is 0.229 e. The van der Waals surface area contributed by atoms with Crippen LogP contribution in [-0.4, -0.2) is 23.7 Å². The Morgan fingerprint density at radius 3 is 2.35 bits per heavy atom. The van der Waals surface area contributed by atoms with Crippen LogP contribution < -0.4 is 0 Å². The fourth-order valence-corrected chi connectivity index (χ4v) is 1.62. The summed E-state index contributed by atoms with van der Waals surface area (Å²) in [5.74, 6) is -0.0137. The molecule has 1 aromatic rings. The summed E-state index contributed by atoms with van der Waals surface area (Å²) in [6, 6.07) is 6.13. The van der Waals surface area contributed by atoms with Gasteiger partial charge in [0.25, 0.3) is 0 Å². The lowest BCUT2D eigenvalue weighted by Crippen LogP contribution is -2.39. The van der Waals surface area contributed by atoms with E-state index in [1.54, 1.807) is 24.1 Å². The van der Waals surface area contributed by atoms with Crippen LogP contribution in [0.25, 0.3) is 0 Å². The normalized spacial score (nSPS) is 11.4. The molecule has 0 aliphatic heterocycles. The van der Waals surface area contributed by atoms with E-state index in [0.29, 0.717) is 6.54 Å². The summed E-state index contributed by atoms with van der Waals surface area (Å²) in [5.41, 5.74) is 0.323. The minimum Gasteiger partial charge on any atom is -0.341 e. The van der Waals surface area contributed by atoms with Gasteiger partial charge in [0.2, 0.25) is 5.91 Å². The van der Waals surface area contributed by atoms with Crippen LogP contribution in [0.1, 0.15) is 19.4 Å². The second kappa shape index (κ2) is 5.50. The van der Waals surface area contributed by atoms with Gasteiger partial charge in [-0.1, -0.05) is 12.1 Å². The summed E-state index contributed by atoms with van der Waals surface area (Å²) in [6.07, 6.45) is 0. The summed E-state index contributed by atoms with van der Waals surface area (Å²) in [7, 11) is 1.72. The van der Waals surface area contributed by atoms with Crippen molar-refractivity contribution in [3.8, 4) is 0 Å². The summed E-state index contributed by atoms with van der Waals surface area (Å²) in [6.45, 7) is 4.08. The van der Waals surface area contributed by atoms with E-state index in [2.05, 4.69) is 0 Å². The van der Waals surface area contributed by atoms with Crippen LogP contribution in [0.4, 0.5) is 4.39 Å². The van der Waals surface area contributed by atoms with Gasteiger partial charge in [-0.05, 0) is 31.5 Å². The Morgan fingerprint density at radius 1 is 1.35 bits per heavy atom. The number of carbonyl (C=O) groups excluding carboxylic acids is 1. The molecule has 0 aliphatic rings. The summed E-state index contributed by atoms with van der Waals surface area (Å²) in [5, 5.41) is 0. The fourth-order valence-electron chi connectivity index (χ4n) is 1.51. The Bertz CT molecular complexity index is 389. The SMILES string of the molecule is CN(Cc1ccc(F)cc1)C(=O)C(C)(C)CCl. The molecule has 1 rings (SSSR count). The number of nitrogens with zero attached hydrogens (tertiary/aromatic N) is 1. The molecule has 1 aromatic carbocycles. The van der Waals surface area contributed by atoms with Crippen LogP contribution in [0.15, 0.2) is 24.3 Å². The number of rotatable bonds is 4. The first kappa shape index (κ1) is 14.0. The van der Waals surface area contributed by atoms with Crippen LogP contribution in [0, 0.1) is 11.2 Å². The van der Waals surface area contributed by atoms with Gasteiger partial charge in [-0.2, -0.15) is 0 Å². The van der Waals surface area contributed by atoms with Gasteiger partial charge in [-0.15, -0.1) is 11.6 Å². The zero-order valence-electron chi connectivity index (χ0n) is 10.3. The molecule has 0 fully saturated rings. The monoisotopic (exact) mass is 257 g/mol. The van der Waals surface area contributed by atoms with Crippen molar-refractivity contribution in [1.82, 2.24) is 4.90 Å². The van der Waals surface area contributed by atoms with E-state index < -0.39 is 5.41 Å². The highest BCUT2D eigenvalue weighted by Gasteiger charge is 2.29. The van der Waals surface area contributed by atoms with Crippen LogP contribution in [0.3, 0.4) is 0 Å². The van der Waals surface area contributed by atoms with Crippen molar-refractivity contribution in [3.05, 3.63) is 35.6 Å². The highest BCUT2D eigenvalue weighted by Crippen LogP contribution is 2.21. The van der Waals surface area contributed by atoms with E-state index in [4.69, 9.17) is 11.6 Å². The predicted molar refractivity (Wildman–Crippen MR) is 67.4 cm³/mol. The van der Waals surface area contributed by atoms with Gasteiger partial charge >= 0.3 is 0 Å². The molecule has 0 heterocycles. The molecule has 0 radical (unpaired) electrons. The lowest BCUT2D eigenvalue weighted by molar-refractivity contribution is -0.138. The zero-order valence-corrected chi connectivity index (χ0v) is 11.1.